The van der Waals surface area contributed by atoms with Gasteiger partial charge in [-0.1, -0.05) is 12.1 Å². The SMILES string of the molecule is C[C@@H](NC(=O)N1CCN(c2cccnc2)CC1)c1ccc(S(C)(=O)=O)cc1. The lowest BCUT2D eigenvalue weighted by Gasteiger charge is -2.36. The van der Waals surface area contributed by atoms with E-state index in [1.54, 1.807) is 35.4 Å². The molecule has 3 rings (SSSR count). The van der Waals surface area contributed by atoms with E-state index >= 15 is 0 Å². The van der Waals surface area contributed by atoms with Crippen LogP contribution in [0.15, 0.2) is 53.7 Å². The lowest BCUT2D eigenvalue weighted by molar-refractivity contribution is 0.191. The van der Waals surface area contributed by atoms with Crippen molar-refractivity contribution in [1.82, 2.24) is 15.2 Å². The number of nitrogens with zero attached hydrogens (tertiary/aromatic N) is 3. The fourth-order valence-corrected chi connectivity index (χ4v) is 3.70. The van der Waals surface area contributed by atoms with Crippen molar-refractivity contribution in [2.45, 2.75) is 17.9 Å². The van der Waals surface area contributed by atoms with Gasteiger partial charge in [-0.25, -0.2) is 13.2 Å². The average molecular weight is 388 g/mol. The Labute approximate surface area is 159 Å². The van der Waals surface area contributed by atoms with E-state index in [-0.39, 0.29) is 17.0 Å². The molecule has 1 fully saturated rings. The number of aromatic nitrogens is 1. The topological polar surface area (TPSA) is 82.6 Å². The molecule has 0 unspecified atom stereocenters. The number of carbonyl (C=O) groups excluding carboxylic acids is 1. The van der Waals surface area contributed by atoms with Crippen LogP contribution in [0, 0.1) is 0 Å². The zero-order valence-corrected chi connectivity index (χ0v) is 16.3. The highest BCUT2D eigenvalue weighted by atomic mass is 32.2. The number of anilines is 1. The van der Waals surface area contributed by atoms with E-state index in [1.807, 2.05) is 25.3 Å². The molecule has 0 bridgehead atoms. The second-order valence-corrected chi connectivity index (χ2v) is 8.71. The number of carbonyl (C=O) groups is 1. The van der Waals surface area contributed by atoms with Crippen molar-refractivity contribution in [3.63, 3.8) is 0 Å². The quantitative estimate of drug-likeness (QED) is 0.867. The maximum atomic E-state index is 12.5. The molecule has 7 nitrogen and oxygen atoms in total. The van der Waals surface area contributed by atoms with Crippen LogP contribution in [0.2, 0.25) is 0 Å². The van der Waals surface area contributed by atoms with Gasteiger partial charge in [-0.15, -0.1) is 0 Å². The van der Waals surface area contributed by atoms with Gasteiger partial charge in [0.05, 0.1) is 22.8 Å². The van der Waals surface area contributed by atoms with Gasteiger partial charge < -0.3 is 15.1 Å². The first-order valence-corrected chi connectivity index (χ1v) is 10.7. The maximum absolute atomic E-state index is 12.5. The largest absolute Gasteiger partial charge is 0.367 e. The van der Waals surface area contributed by atoms with Gasteiger partial charge in [0.1, 0.15) is 0 Å². The van der Waals surface area contributed by atoms with Crippen molar-refractivity contribution < 1.29 is 13.2 Å². The minimum Gasteiger partial charge on any atom is -0.367 e. The number of rotatable bonds is 4. The Morgan fingerprint density at radius 2 is 1.78 bits per heavy atom. The standard InChI is InChI=1S/C19H24N4O3S/c1-15(16-5-7-18(8-6-16)27(2,25)26)21-19(24)23-12-10-22(11-13-23)17-4-3-9-20-14-17/h3-9,14-15H,10-13H2,1-2H3,(H,21,24)/t15-/m1/s1. The molecule has 1 aromatic carbocycles. The second kappa shape index (κ2) is 7.96. The summed E-state index contributed by atoms with van der Waals surface area (Å²) in [6, 6.07) is 10.2. The van der Waals surface area contributed by atoms with Crippen LogP contribution < -0.4 is 10.2 Å². The molecular formula is C19H24N4O3S. The third-order valence-electron chi connectivity index (χ3n) is 4.73. The Morgan fingerprint density at radius 1 is 1.11 bits per heavy atom. The van der Waals surface area contributed by atoms with Crippen molar-refractivity contribution in [1.29, 1.82) is 0 Å². The molecule has 1 saturated heterocycles. The third-order valence-corrected chi connectivity index (χ3v) is 5.85. The first-order chi connectivity index (χ1) is 12.8. The molecule has 2 heterocycles. The van der Waals surface area contributed by atoms with E-state index in [0.717, 1.165) is 24.3 Å². The molecule has 1 aliphatic rings. The predicted molar refractivity (Wildman–Crippen MR) is 105 cm³/mol. The van der Waals surface area contributed by atoms with Crippen molar-refractivity contribution >= 4 is 21.6 Å². The Kier molecular flexibility index (Phi) is 5.65. The van der Waals surface area contributed by atoms with Crippen LogP contribution in [0.5, 0.6) is 0 Å². The van der Waals surface area contributed by atoms with Gasteiger partial charge in [-0.05, 0) is 36.8 Å². The number of piperazine rings is 1. The highest BCUT2D eigenvalue weighted by Gasteiger charge is 2.22. The van der Waals surface area contributed by atoms with E-state index in [1.165, 1.54) is 6.26 Å². The zero-order chi connectivity index (χ0) is 19.4. The maximum Gasteiger partial charge on any atom is 0.317 e. The Hall–Kier alpha value is -2.61. The van der Waals surface area contributed by atoms with Crippen molar-refractivity contribution in [3.8, 4) is 0 Å². The summed E-state index contributed by atoms with van der Waals surface area (Å²) in [5.41, 5.74) is 1.93. The van der Waals surface area contributed by atoms with Gasteiger partial charge in [0.2, 0.25) is 0 Å². The number of amides is 2. The Bertz CT molecular complexity index is 877. The molecule has 1 aliphatic heterocycles. The third kappa shape index (κ3) is 4.77. The highest BCUT2D eigenvalue weighted by Crippen LogP contribution is 2.18. The van der Waals surface area contributed by atoms with E-state index in [9.17, 15) is 13.2 Å². The molecule has 8 heteroatoms. The minimum absolute atomic E-state index is 0.111. The number of hydrogen-bond acceptors (Lipinski definition) is 5. The van der Waals surface area contributed by atoms with E-state index in [4.69, 9.17) is 0 Å². The summed E-state index contributed by atoms with van der Waals surface area (Å²) in [6.07, 6.45) is 4.76. The first kappa shape index (κ1) is 19.2. The van der Waals surface area contributed by atoms with Gasteiger partial charge in [0.15, 0.2) is 9.84 Å². The van der Waals surface area contributed by atoms with Crippen LogP contribution in [0.3, 0.4) is 0 Å². The molecule has 0 saturated carbocycles. The molecular weight excluding hydrogens is 364 g/mol. The van der Waals surface area contributed by atoms with Crippen LogP contribution in [0.4, 0.5) is 10.5 Å². The van der Waals surface area contributed by atoms with Crippen molar-refractivity contribution in [2.24, 2.45) is 0 Å². The van der Waals surface area contributed by atoms with Crippen LogP contribution in [0.1, 0.15) is 18.5 Å². The normalized spacial score (nSPS) is 16.1. The smallest absolute Gasteiger partial charge is 0.317 e. The van der Waals surface area contributed by atoms with Gasteiger partial charge in [0, 0.05) is 38.6 Å². The summed E-state index contributed by atoms with van der Waals surface area (Å²) in [5, 5.41) is 2.99. The Morgan fingerprint density at radius 3 is 2.33 bits per heavy atom. The van der Waals surface area contributed by atoms with Gasteiger partial charge in [-0.2, -0.15) is 0 Å². The minimum atomic E-state index is -3.22. The summed E-state index contributed by atoms with van der Waals surface area (Å²) in [4.78, 5) is 21.0. The summed E-state index contributed by atoms with van der Waals surface area (Å²) < 4.78 is 23.1. The first-order valence-electron chi connectivity index (χ1n) is 8.85. The van der Waals surface area contributed by atoms with Gasteiger partial charge in [-0.3, -0.25) is 4.98 Å². The van der Waals surface area contributed by atoms with Crippen molar-refractivity contribution in [3.05, 3.63) is 54.4 Å². The monoisotopic (exact) mass is 388 g/mol. The molecule has 0 radical (unpaired) electrons. The summed E-state index contributed by atoms with van der Waals surface area (Å²) in [6.45, 7) is 4.69. The molecule has 27 heavy (non-hydrogen) atoms. The molecule has 0 aliphatic carbocycles. The number of nitrogens with one attached hydrogen (secondary N) is 1. The molecule has 0 spiro atoms. The van der Waals surface area contributed by atoms with E-state index < -0.39 is 9.84 Å². The van der Waals surface area contributed by atoms with Crippen molar-refractivity contribution in [2.75, 3.05) is 37.3 Å². The van der Waals surface area contributed by atoms with Crippen LogP contribution in [0.25, 0.3) is 0 Å². The molecule has 1 N–H and O–H groups in total. The fraction of sp³-hybridized carbons (Fsp3) is 0.368. The lowest BCUT2D eigenvalue weighted by atomic mass is 10.1. The molecule has 2 amide bonds. The number of pyridine rings is 1. The molecule has 1 aromatic heterocycles. The average Bonchev–Trinajstić information content (AvgIpc) is 2.68. The predicted octanol–water partition coefficient (Wildman–Crippen LogP) is 2.08. The number of urea groups is 1. The fourth-order valence-electron chi connectivity index (χ4n) is 3.07. The van der Waals surface area contributed by atoms with Crippen LogP contribution in [-0.4, -0.2) is 56.8 Å². The Balaban J connectivity index is 1.55. The van der Waals surface area contributed by atoms with Crippen LogP contribution in [-0.2, 0) is 9.84 Å². The summed E-state index contributed by atoms with van der Waals surface area (Å²) in [5.74, 6) is 0. The van der Waals surface area contributed by atoms with E-state index in [2.05, 4.69) is 15.2 Å². The van der Waals surface area contributed by atoms with Gasteiger partial charge in [0.25, 0.3) is 0 Å². The second-order valence-electron chi connectivity index (χ2n) is 6.70. The molecule has 2 aromatic rings. The summed E-state index contributed by atoms with van der Waals surface area (Å²) in [7, 11) is -3.22. The summed E-state index contributed by atoms with van der Waals surface area (Å²) >= 11 is 0. The van der Waals surface area contributed by atoms with Crippen LogP contribution >= 0.6 is 0 Å². The number of hydrogen-bond donors (Lipinski definition) is 1. The van der Waals surface area contributed by atoms with E-state index in [0.29, 0.717) is 13.1 Å². The molecule has 1 atom stereocenters. The molecule has 144 valence electrons. The number of benzene rings is 1. The zero-order valence-electron chi connectivity index (χ0n) is 15.5. The van der Waals surface area contributed by atoms with Gasteiger partial charge >= 0.3 is 6.03 Å². The number of sulfone groups is 1. The highest BCUT2D eigenvalue weighted by molar-refractivity contribution is 7.90. The lowest BCUT2D eigenvalue weighted by Crippen LogP contribution is -2.52.